The predicted octanol–water partition coefficient (Wildman–Crippen LogP) is 1.50. The quantitative estimate of drug-likeness (QED) is 0.784. The summed E-state index contributed by atoms with van der Waals surface area (Å²) in [4.78, 5) is 13.8. The third-order valence-electron chi connectivity index (χ3n) is 3.23. The molecular weight excluding hydrogens is 268 g/mol. The van der Waals surface area contributed by atoms with Gasteiger partial charge in [-0.25, -0.2) is 4.68 Å². The molecule has 112 valence electrons. The van der Waals surface area contributed by atoms with E-state index in [9.17, 15) is 4.79 Å². The normalized spacial score (nSPS) is 10.6. The van der Waals surface area contributed by atoms with Gasteiger partial charge in [-0.2, -0.15) is 0 Å². The van der Waals surface area contributed by atoms with Crippen LogP contribution in [0.5, 0.6) is 0 Å². The molecule has 1 heterocycles. The van der Waals surface area contributed by atoms with Crippen molar-refractivity contribution >= 4 is 5.91 Å². The molecular formula is C15H20N4O2. The van der Waals surface area contributed by atoms with Gasteiger partial charge in [0.1, 0.15) is 0 Å². The first-order valence-electron chi connectivity index (χ1n) is 7.06. The number of aliphatic hydroxyl groups is 1. The van der Waals surface area contributed by atoms with Gasteiger partial charge in [0.15, 0.2) is 5.69 Å². The lowest BCUT2D eigenvalue weighted by Crippen LogP contribution is -2.28. The zero-order valence-corrected chi connectivity index (χ0v) is 12.1. The minimum atomic E-state index is -0.138. The summed E-state index contributed by atoms with van der Waals surface area (Å²) in [7, 11) is 1.75. The fraction of sp³-hybridized carbons (Fsp3) is 0.400. The van der Waals surface area contributed by atoms with Gasteiger partial charge >= 0.3 is 0 Å². The average molecular weight is 288 g/mol. The Bertz CT molecular complexity index is 568. The third-order valence-corrected chi connectivity index (χ3v) is 3.23. The van der Waals surface area contributed by atoms with E-state index in [1.54, 1.807) is 22.8 Å². The van der Waals surface area contributed by atoms with Crippen LogP contribution in [0.3, 0.4) is 0 Å². The summed E-state index contributed by atoms with van der Waals surface area (Å²) in [5.41, 5.74) is 1.21. The lowest BCUT2D eigenvalue weighted by atomic mass is 10.2. The van der Waals surface area contributed by atoms with Crippen molar-refractivity contribution in [2.75, 3.05) is 20.2 Å². The summed E-state index contributed by atoms with van der Waals surface area (Å²) >= 11 is 0. The summed E-state index contributed by atoms with van der Waals surface area (Å²) in [6, 6.07) is 9.55. The molecule has 2 rings (SSSR count). The molecule has 0 radical (unpaired) electrons. The van der Waals surface area contributed by atoms with Gasteiger partial charge in [-0.3, -0.25) is 4.79 Å². The number of amides is 1. The van der Waals surface area contributed by atoms with E-state index in [1.807, 2.05) is 30.3 Å². The number of nitrogens with zero attached hydrogens (tertiary/aromatic N) is 4. The number of hydrogen-bond donors (Lipinski definition) is 1. The third kappa shape index (κ3) is 4.13. The van der Waals surface area contributed by atoms with Crippen LogP contribution < -0.4 is 0 Å². The van der Waals surface area contributed by atoms with Crippen molar-refractivity contribution < 1.29 is 9.90 Å². The van der Waals surface area contributed by atoms with Crippen LogP contribution in [0, 0.1) is 0 Å². The first-order chi connectivity index (χ1) is 10.2. The molecule has 0 aliphatic rings. The van der Waals surface area contributed by atoms with Crippen molar-refractivity contribution in [3.05, 3.63) is 42.2 Å². The molecule has 1 aromatic carbocycles. The highest BCUT2D eigenvalue weighted by Gasteiger charge is 2.15. The van der Waals surface area contributed by atoms with Crippen LogP contribution in [0.4, 0.5) is 0 Å². The van der Waals surface area contributed by atoms with Crippen LogP contribution >= 0.6 is 0 Å². The Labute approximate surface area is 124 Å². The maximum Gasteiger partial charge on any atom is 0.275 e. The molecule has 1 aromatic heterocycles. The molecule has 6 nitrogen and oxygen atoms in total. The Morgan fingerprint density at radius 3 is 2.71 bits per heavy atom. The monoisotopic (exact) mass is 288 g/mol. The van der Waals surface area contributed by atoms with Gasteiger partial charge < -0.3 is 10.0 Å². The maximum absolute atomic E-state index is 12.2. The standard InChI is InChI=1S/C15H20N4O2/c1-18(10-6-3-7-11-20)15(21)14-12-19(17-16-14)13-8-4-2-5-9-13/h2,4-5,8-9,12,20H,3,6-7,10-11H2,1H3. The summed E-state index contributed by atoms with van der Waals surface area (Å²) in [6.07, 6.45) is 4.19. The minimum absolute atomic E-state index is 0.138. The predicted molar refractivity (Wildman–Crippen MR) is 79.3 cm³/mol. The first-order valence-corrected chi connectivity index (χ1v) is 7.06. The fourth-order valence-corrected chi connectivity index (χ4v) is 2.00. The topological polar surface area (TPSA) is 71.2 Å². The molecule has 0 aliphatic carbocycles. The molecule has 2 aromatic rings. The van der Waals surface area contributed by atoms with Gasteiger partial charge in [0.25, 0.3) is 5.91 Å². The van der Waals surface area contributed by atoms with Gasteiger partial charge in [0.2, 0.25) is 0 Å². The molecule has 0 bridgehead atoms. The van der Waals surface area contributed by atoms with Gasteiger partial charge in [-0.15, -0.1) is 5.10 Å². The molecule has 1 N–H and O–H groups in total. The number of unbranched alkanes of at least 4 members (excludes halogenated alkanes) is 2. The maximum atomic E-state index is 12.2. The second kappa shape index (κ2) is 7.54. The minimum Gasteiger partial charge on any atom is -0.396 e. The van der Waals surface area contributed by atoms with E-state index in [1.165, 1.54) is 0 Å². The van der Waals surface area contributed by atoms with E-state index in [0.717, 1.165) is 24.9 Å². The second-order valence-corrected chi connectivity index (χ2v) is 4.89. The van der Waals surface area contributed by atoms with Crippen LogP contribution in [0.1, 0.15) is 29.8 Å². The van der Waals surface area contributed by atoms with Crippen molar-refractivity contribution in [3.63, 3.8) is 0 Å². The highest BCUT2D eigenvalue weighted by Crippen LogP contribution is 2.07. The molecule has 0 atom stereocenters. The summed E-state index contributed by atoms with van der Waals surface area (Å²) < 4.78 is 1.59. The van der Waals surface area contributed by atoms with Crippen LogP contribution in [-0.2, 0) is 0 Å². The first kappa shape index (κ1) is 15.2. The van der Waals surface area contributed by atoms with Crippen molar-refractivity contribution in [2.45, 2.75) is 19.3 Å². The van der Waals surface area contributed by atoms with E-state index < -0.39 is 0 Å². The summed E-state index contributed by atoms with van der Waals surface area (Å²) in [5, 5.41) is 16.7. The number of aromatic nitrogens is 3. The number of hydrogen-bond acceptors (Lipinski definition) is 4. The average Bonchev–Trinajstić information content (AvgIpc) is 3.01. The van der Waals surface area contributed by atoms with Gasteiger partial charge in [0, 0.05) is 20.2 Å². The Morgan fingerprint density at radius 2 is 2.00 bits per heavy atom. The number of rotatable bonds is 7. The molecule has 0 unspecified atom stereocenters. The number of aliphatic hydroxyl groups excluding tert-OH is 1. The van der Waals surface area contributed by atoms with E-state index >= 15 is 0 Å². The van der Waals surface area contributed by atoms with E-state index in [2.05, 4.69) is 10.3 Å². The van der Waals surface area contributed by atoms with Gasteiger partial charge in [-0.1, -0.05) is 23.4 Å². The van der Waals surface area contributed by atoms with Crippen molar-refractivity contribution in [2.24, 2.45) is 0 Å². The lowest BCUT2D eigenvalue weighted by Gasteiger charge is -2.15. The molecule has 1 amide bonds. The number of carbonyl (C=O) groups is 1. The van der Waals surface area contributed by atoms with Crippen LogP contribution in [0.2, 0.25) is 0 Å². The van der Waals surface area contributed by atoms with Crippen molar-refractivity contribution in [1.29, 1.82) is 0 Å². The Kier molecular flexibility index (Phi) is 5.45. The van der Waals surface area contributed by atoms with Crippen LogP contribution in [0.15, 0.2) is 36.5 Å². The Morgan fingerprint density at radius 1 is 1.24 bits per heavy atom. The summed E-state index contributed by atoms with van der Waals surface area (Å²) in [5.74, 6) is -0.138. The Balaban J connectivity index is 1.95. The zero-order valence-electron chi connectivity index (χ0n) is 12.1. The van der Waals surface area contributed by atoms with Crippen molar-refractivity contribution in [3.8, 4) is 5.69 Å². The number of benzene rings is 1. The molecule has 0 saturated heterocycles. The highest BCUT2D eigenvalue weighted by atomic mass is 16.2. The molecule has 0 fully saturated rings. The molecule has 0 aliphatic heterocycles. The number of carbonyl (C=O) groups excluding carboxylic acids is 1. The smallest absolute Gasteiger partial charge is 0.275 e. The Hall–Kier alpha value is -2.21. The lowest BCUT2D eigenvalue weighted by molar-refractivity contribution is 0.0786. The van der Waals surface area contributed by atoms with E-state index in [-0.39, 0.29) is 12.5 Å². The summed E-state index contributed by atoms with van der Waals surface area (Å²) in [6.45, 7) is 0.847. The van der Waals surface area contributed by atoms with Gasteiger partial charge in [-0.05, 0) is 31.4 Å². The highest BCUT2D eigenvalue weighted by molar-refractivity contribution is 5.91. The molecule has 6 heteroatoms. The molecule has 0 spiro atoms. The van der Waals surface area contributed by atoms with Crippen LogP contribution in [0.25, 0.3) is 5.69 Å². The van der Waals surface area contributed by atoms with Gasteiger partial charge in [0.05, 0.1) is 11.9 Å². The van der Waals surface area contributed by atoms with E-state index in [0.29, 0.717) is 12.2 Å². The van der Waals surface area contributed by atoms with E-state index in [4.69, 9.17) is 5.11 Å². The SMILES string of the molecule is CN(CCCCCO)C(=O)c1cn(-c2ccccc2)nn1. The molecule has 0 saturated carbocycles. The molecule has 21 heavy (non-hydrogen) atoms. The van der Waals surface area contributed by atoms with Crippen LogP contribution in [-0.4, -0.2) is 51.1 Å². The fourth-order valence-electron chi connectivity index (χ4n) is 2.00. The zero-order chi connectivity index (χ0) is 15.1. The second-order valence-electron chi connectivity index (χ2n) is 4.89. The van der Waals surface area contributed by atoms with Crippen molar-refractivity contribution in [1.82, 2.24) is 19.9 Å². The number of para-hydroxylation sites is 1. The largest absolute Gasteiger partial charge is 0.396 e.